The molecule has 0 heteroatoms. The highest BCUT2D eigenvalue weighted by Crippen LogP contribution is 2.35. The van der Waals surface area contributed by atoms with Crippen LogP contribution in [0.5, 0.6) is 0 Å². The molecule has 0 spiro atoms. The van der Waals surface area contributed by atoms with E-state index in [1.807, 2.05) is 0 Å². The molecular weight excluding hydrogens is 252 g/mol. The number of benzene rings is 3. The normalized spacial score (nSPS) is 12.4. The fraction of sp³-hybridized carbons (Fsp3) is 0.238. The van der Waals surface area contributed by atoms with Crippen LogP contribution in [0.15, 0.2) is 54.6 Å². The van der Waals surface area contributed by atoms with Gasteiger partial charge in [-0.15, -0.1) is 6.42 Å². The van der Waals surface area contributed by atoms with Crippen molar-refractivity contribution in [2.45, 2.75) is 32.1 Å². The van der Waals surface area contributed by atoms with Gasteiger partial charge >= 0.3 is 0 Å². The first-order valence-electron chi connectivity index (χ1n) is 7.71. The van der Waals surface area contributed by atoms with E-state index in [9.17, 15) is 0 Å². The summed E-state index contributed by atoms with van der Waals surface area (Å²) >= 11 is 0. The van der Waals surface area contributed by atoms with Crippen LogP contribution in [0.25, 0.3) is 21.5 Å². The van der Waals surface area contributed by atoms with Gasteiger partial charge in [-0.1, -0.05) is 74.2 Å². The zero-order valence-electron chi connectivity index (χ0n) is 12.5. The third-order valence-electron chi connectivity index (χ3n) is 4.21. The molecule has 0 heterocycles. The molecule has 0 aliphatic heterocycles. The molecule has 0 fully saturated rings. The summed E-state index contributed by atoms with van der Waals surface area (Å²) in [7, 11) is 0. The molecule has 0 bridgehead atoms. The summed E-state index contributed by atoms with van der Waals surface area (Å²) in [5.41, 5.74) is 1.33. The van der Waals surface area contributed by atoms with Gasteiger partial charge < -0.3 is 0 Å². The van der Waals surface area contributed by atoms with Crippen molar-refractivity contribution in [3.05, 3.63) is 60.2 Å². The zero-order chi connectivity index (χ0) is 14.7. The summed E-state index contributed by atoms with van der Waals surface area (Å²) in [6.45, 7) is 2.22. The first-order valence-corrected chi connectivity index (χ1v) is 7.71. The molecule has 0 aliphatic rings. The lowest BCUT2D eigenvalue weighted by Gasteiger charge is -2.17. The van der Waals surface area contributed by atoms with Crippen molar-refractivity contribution in [1.29, 1.82) is 0 Å². The molecule has 3 aromatic carbocycles. The molecule has 0 radical (unpaired) electrons. The Kier molecular flexibility index (Phi) is 3.93. The quantitative estimate of drug-likeness (QED) is 0.409. The molecule has 3 aromatic rings. The number of fused-ring (bicyclic) bond motifs is 2. The van der Waals surface area contributed by atoms with E-state index >= 15 is 0 Å². The van der Waals surface area contributed by atoms with Gasteiger partial charge in [0.1, 0.15) is 0 Å². The van der Waals surface area contributed by atoms with Gasteiger partial charge in [-0.2, -0.15) is 0 Å². The highest BCUT2D eigenvalue weighted by molar-refractivity contribution is 6.03. The van der Waals surface area contributed by atoms with Crippen LogP contribution in [-0.4, -0.2) is 0 Å². The molecule has 0 aliphatic carbocycles. The lowest BCUT2D eigenvalue weighted by atomic mass is 9.86. The van der Waals surface area contributed by atoms with Crippen molar-refractivity contribution >= 4 is 21.5 Å². The maximum atomic E-state index is 5.88. The largest absolute Gasteiger partial charge is 0.119 e. The second-order valence-corrected chi connectivity index (χ2v) is 5.59. The van der Waals surface area contributed by atoms with Gasteiger partial charge in [0, 0.05) is 5.92 Å². The van der Waals surface area contributed by atoms with E-state index in [-0.39, 0.29) is 5.92 Å². The standard InChI is InChI=1S/C21H20/c1-3-5-10-16(4-2)21-19-13-8-6-11-17(19)15-18-12-7-9-14-20(18)21/h2,6-9,11-16H,3,5,10H2,1H3. The molecule has 3 rings (SSSR count). The molecule has 0 saturated heterocycles. The Hall–Kier alpha value is -2.26. The van der Waals surface area contributed by atoms with Gasteiger partial charge in [-0.05, 0) is 39.6 Å². The maximum absolute atomic E-state index is 5.88. The first-order chi connectivity index (χ1) is 10.3. The number of rotatable bonds is 4. The first kappa shape index (κ1) is 13.7. The average Bonchev–Trinajstić information content (AvgIpc) is 2.54. The highest BCUT2D eigenvalue weighted by atomic mass is 14.2. The Morgan fingerprint density at radius 1 is 0.952 bits per heavy atom. The molecule has 104 valence electrons. The fourth-order valence-electron chi connectivity index (χ4n) is 3.14. The fourth-order valence-corrected chi connectivity index (χ4v) is 3.14. The monoisotopic (exact) mass is 272 g/mol. The Morgan fingerprint density at radius 2 is 1.52 bits per heavy atom. The van der Waals surface area contributed by atoms with E-state index in [0.29, 0.717) is 0 Å². The molecule has 0 nitrogen and oxygen atoms in total. The van der Waals surface area contributed by atoms with Gasteiger partial charge in [0.05, 0.1) is 0 Å². The van der Waals surface area contributed by atoms with Crippen LogP contribution < -0.4 is 0 Å². The van der Waals surface area contributed by atoms with Crippen LogP contribution in [0.4, 0.5) is 0 Å². The van der Waals surface area contributed by atoms with Crippen LogP contribution in [0.1, 0.15) is 37.7 Å². The molecular formula is C21H20. The summed E-state index contributed by atoms with van der Waals surface area (Å²) < 4.78 is 0. The molecule has 0 saturated carbocycles. The van der Waals surface area contributed by atoms with Crippen molar-refractivity contribution in [2.75, 3.05) is 0 Å². The predicted octanol–water partition coefficient (Wildman–Crippen LogP) is 5.90. The zero-order valence-corrected chi connectivity index (χ0v) is 12.5. The maximum Gasteiger partial charge on any atom is 0.0461 e. The number of unbranched alkanes of at least 4 members (excludes halogenated alkanes) is 1. The summed E-state index contributed by atoms with van der Waals surface area (Å²) in [4.78, 5) is 0. The number of hydrogen-bond acceptors (Lipinski definition) is 0. The smallest absolute Gasteiger partial charge is 0.0461 e. The van der Waals surface area contributed by atoms with Gasteiger partial charge in [0.25, 0.3) is 0 Å². The predicted molar refractivity (Wildman–Crippen MR) is 92.6 cm³/mol. The third-order valence-corrected chi connectivity index (χ3v) is 4.21. The van der Waals surface area contributed by atoms with Crippen molar-refractivity contribution in [2.24, 2.45) is 0 Å². The van der Waals surface area contributed by atoms with Crippen LogP contribution >= 0.6 is 0 Å². The Morgan fingerprint density at radius 3 is 2.05 bits per heavy atom. The second kappa shape index (κ2) is 6.02. The Bertz CT molecular complexity index is 751. The van der Waals surface area contributed by atoms with Gasteiger partial charge in [0.15, 0.2) is 0 Å². The van der Waals surface area contributed by atoms with Crippen molar-refractivity contribution < 1.29 is 0 Å². The molecule has 21 heavy (non-hydrogen) atoms. The molecule has 0 amide bonds. The number of hydrogen-bond donors (Lipinski definition) is 0. The second-order valence-electron chi connectivity index (χ2n) is 5.59. The van der Waals surface area contributed by atoms with Crippen LogP contribution in [-0.2, 0) is 0 Å². The molecule has 1 atom stereocenters. The topological polar surface area (TPSA) is 0 Å². The van der Waals surface area contributed by atoms with E-state index in [1.165, 1.54) is 39.9 Å². The SMILES string of the molecule is C#CC(CCCC)c1c2ccccc2cc2ccccc12. The third kappa shape index (κ3) is 2.52. The van der Waals surface area contributed by atoms with E-state index < -0.39 is 0 Å². The van der Waals surface area contributed by atoms with Gasteiger partial charge in [-0.25, -0.2) is 0 Å². The van der Waals surface area contributed by atoms with Crippen LogP contribution in [0.3, 0.4) is 0 Å². The highest BCUT2D eigenvalue weighted by Gasteiger charge is 2.15. The number of terminal acetylenes is 1. The van der Waals surface area contributed by atoms with E-state index in [4.69, 9.17) is 6.42 Å². The Labute approximate surface area is 126 Å². The minimum Gasteiger partial charge on any atom is -0.119 e. The van der Waals surface area contributed by atoms with Crippen molar-refractivity contribution in [3.8, 4) is 12.3 Å². The summed E-state index contributed by atoms with van der Waals surface area (Å²) in [5.74, 6) is 3.23. The van der Waals surface area contributed by atoms with E-state index in [1.54, 1.807) is 0 Å². The Balaban J connectivity index is 2.32. The van der Waals surface area contributed by atoms with Crippen LogP contribution in [0.2, 0.25) is 0 Å². The summed E-state index contributed by atoms with van der Waals surface area (Å²) in [5, 5.41) is 5.16. The molecule has 1 unspecified atom stereocenters. The van der Waals surface area contributed by atoms with E-state index in [2.05, 4.69) is 67.4 Å². The molecule has 0 N–H and O–H groups in total. The average molecular weight is 272 g/mol. The van der Waals surface area contributed by atoms with E-state index in [0.717, 1.165) is 6.42 Å². The molecule has 0 aromatic heterocycles. The minimum atomic E-state index is 0.195. The minimum absolute atomic E-state index is 0.195. The lowest BCUT2D eigenvalue weighted by molar-refractivity contribution is 0.681. The van der Waals surface area contributed by atoms with Gasteiger partial charge in [0.2, 0.25) is 0 Å². The summed E-state index contributed by atoms with van der Waals surface area (Å²) in [6, 6.07) is 19.4. The van der Waals surface area contributed by atoms with Crippen molar-refractivity contribution in [3.63, 3.8) is 0 Å². The van der Waals surface area contributed by atoms with Crippen molar-refractivity contribution in [1.82, 2.24) is 0 Å². The van der Waals surface area contributed by atoms with Crippen LogP contribution in [0, 0.1) is 12.3 Å². The lowest BCUT2D eigenvalue weighted by Crippen LogP contribution is -1.99. The van der Waals surface area contributed by atoms with Gasteiger partial charge in [-0.3, -0.25) is 0 Å². The summed E-state index contributed by atoms with van der Waals surface area (Å²) in [6.07, 6.45) is 9.29.